The van der Waals surface area contributed by atoms with Gasteiger partial charge in [-0.3, -0.25) is 0 Å². The first-order chi connectivity index (χ1) is 16.8. The van der Waals surface area contributed by atoms with Gasteiger partial charge < -0.3 is 9.64 Å². The Morgan fingerprint density at radius 1 is 0.914 bits per heavy atom. The number of benzene rings is 3. The lowest BCUT2D eigenvalue weighted by Gasteiger charge is -2.19. The van der Waals surface area contributed by atoms with Crippen molar-refractivity contribution in [3.63, 3.8) is 0 Å². The van der Waals surface area contributed by atoms with E-state index in [0.717, 1.165) is 27.9 Å². The topological polar surface area (TPSA) is 63.7 Å². The quantitative estimate of drug-likeness (QED) is 0.257. The molecule has 0 N–H and O–H groups in total. The summed E-state index contributed by atoms with van der Waals surface area (Å²) in [5, 5.41) is 0. The molecule has 0 amide bonds. The summed E-state index contributed by atoms with van der Waals surface area (Å²) in [6, 6.07) is 22.4. The van der Waals surface area contributed by atoms with E-state index in [2.05, 4.69) is 16.6 Å². The Balaban J connectivity index is 1.53. The van der Waals surface area contributed by atoms with E-state index in [0.29, 0.717) is 17.9 Å². The number of carbonyl (C=O) groups is 1. The normalized spacial score (nSPS) is 11.1. The van der Waals surface area contributed by atoms with Gasteiger partial charge in [-0.05, 0) is 73.5 Å². The van der Waals surface area contributed by atoms with Crippen LogP contribution in [-0.4, -0.2) is 40.8 Å². The minimum atomic E-state index is -3.28. The lowest BCUT2D eigenvalue weighted by atomic mass is 10.1. The molecular formula is C29H29NO4S. The number of rotatable bonds is 8. The van der Waals surface area contributed by atoms with E-state index in [1.165, 1.54) is 13.2 Å². The molecule has 0 aliphatic heterocycles. The van der Waals surface area contributed by atoms with Gasteiger partial charge in [-0.25, -0.2) is 13.2 Å². The number of esters is 1. The Morgan fingerprint density at radius 3 is 2.06 bits per heavy atom. The second kappa shape index (κ2) is 12.0. The van der Waals surface area contributed by atoms with Crippen LogP contribution in [-0.2, 0) is 19.4 Å². The molecule has 0 saturated carbocycles. The van der Waals surface area contributed by atoms with Crippen LogP contribution in [0.15, 0.2) is 83.8 Å². The van der Waals surface area contributed by atoms with Gasteiger partial charge in [-0.2, -0.15) is 0 Å². The van der Waals surface area contributed by atoms with E-state index in [-0.39, 0.29) is 5.75 Å². The maximum atomic E-state index is 12.5. The van der Waals surface area contributed by atoms with Gasteiger partial charge >= 0.3 is 5.97 Å². The maximum absolute atomic E-state index is 12.5. The van der Waals surface area contributed by atoms with E-state index in [1.54, 1.807) is 18.2 Å². The standard InChI is InChI=1S/C29H29NO4S/c1-23-5-18-28(19-6-23)35(32,33)22-4-21-30(2)27-16-13-26(14-17-27)12-9-24-7-10-25(11-8-24)15-20-29(31)34-3/h5-8,10-11,13-20H,4,21-22H2,1-3H3/b20-15+. The molecule has 35 heavy (non-hydrogen) atoms. The molecule has 180 valence electrons. The lowest BCUT2D eigenvalue weighted by Crippen LogP contribution is -2.21. The molecule has 0 fully saturated rings. The van der Waals surface area contributed by atoms with Gasteiger partial charge in [0.2, 0.25) is 0 Å². The number of carbonyl (C=O) groups excluding carboxylic acids is 1. The van der Waals surface area contributed by atoms with Gasteiger partial charge in [0, 0.05) is 36.5 Å². The van der Waals surface area contributed by atoms with Crippen molar-refractivity contribution in [2.45, 2.75) is 18.2 Å². The summed E-state index contributed by atoms with van der Waals surface area (Å²) in [7, 11) is 0.0216. The fraction of sp³-hybridized carbons (Fsp3) is 0.207. The average molecular weight is 488 g/mol. The fourth-order valence-corrected chi connectivity index (χ4v) is 4.63. The van der Waals surface area contributed by atoms with Gasteiger partial charge in [0.25, 0.3) is 0 Å². The Bertz CT molecular complexity index is 1330. The zero-order chi connectivity index (χ0) is 25.3. The molecule has 3 aromatic rings. The van der Waals surface area contributed by atoms with Crippen LogP contribution in [0, 0.1) is 18.8 Å². The summed E-state index contributed by atoms with van der Waals surface area (Å²) >= 11 is 0. The van der Waals surface area contributed by atoms with Crippen molar-refractivity contribution >= 4 is 27.6 Å². The predicted molar refractivity (Wildman–Crippen MR) is 141 cm³/mol. The van der Waals surface area contributed by atoms with Crippen molar-refractivity contribution in [2.75, 3.05) is 31.4 Å². The first kappa shape index (κ1) is 25.8. The number of ether oxygens (including phenoxy) is 1. The molecule has 0 saturated heterocycles. The molecule has 0 radical (unpaired) electrons. The minimum absolute atomic E-state index is 0.112. The van der Waals surface area contributed by atoms with Gasteiger partial charge in [-0.15, -0.1) is 0 Å². The van der Waals surface area contributed by atoms with Crippen LogP contribution in [0.1, 0.15) is 28.7 Å². The van der Waals surface area contributed by atoms with Crippen LogP contribution in [0.5, 0.6) is 0 Å². The molecule has 6 heteroatoms. The smallest absolute Gasteiger partial charge is 0.330 e. The van der Waals surface area contributed by atoms with E-state index in [9.17, 15) is 13.2 Å². The number of hydrogen-bond donors (Lipinski definition) is 0. The van der Waals surface area contributed by atoms with Crippen molar-refractivity contribution in [2.24, 2.45) is 0 Å². The van der Waals surface area contributed by atoms with Gasteiger partial charge in [0.05, 0.1) is 17.8 Å². The van der Waals surface area contributed by atoms with E-state index < -0.39 is 15.8 Å². The van der Waals surface area contributed by atoms with Gasteiger partial charge in [0.15, 0.2) is 9.84 Å². The van der Waals surface area contributed by atoms with Crippen LogP contribution < -0.4 is 4.90 Å². The Hall–Kier alpha value is -3.82. The first-order valence-electron chi connectivity index (χ1n) is 11.3. The molecule has 3 rings (SSSR count). The van der Waals surface area contributed by atoms with Crippen molar-refractivity contribution in [1.82, 2.24) is 0 Å². The minimum Gasteiger partial charge on any atom is -0.466 e. The molecule has 0 aliphatic carbocycles. The zero-order valence-corrected chi connectivity index (χ0v) is 21.0. The van der Waals surface area contributed by atoms with Crippen molar-refractivity contribution in [3.05, 3.63) is 101 Å². The molecule has 0 aliphatic rings. The third-order valence-electron chi connectivity index (χ3n) is 5.47. The lowest BCUT2D eigenvalue weighted by molar-refractivity contribution is -0.134. The number of nitrogens with zero attached hydrogens (tertiary/aromatic N) is 1. The number of aryl methyl sites for hydroxylation is 1. The highest BCUT2D eigenvalue weighted by Gasteiger charge is 2.14. The van der Waals surface area contributed by atoms with Gasteiger partial charge in [-0.1, -0.05) is 41.7 Å². The Kier molecular flexibility index (Phi) is 8.88. The predicted octanol–water partition coefficient (Wildman–Crippen LogP) is 4.88. The van der Waals surface area contributed by atoms with Crippen molar-refractivity contribution in [1.29, 1.82) is 0 Å². The molecule has 0 atom stereocenters. The maximum Gasteiger partial charge on any atom is 0.330 e. The van der Waals surface area contributed by atoms with Crippen molar-refractivity contribution < 1.29 is 17.9 Å². The number of anilines is 1. The second-order valence-electron chi connectivity index (χ2n) is 8.18. The van der Waals surface area contributed by atoms with Crippen LogP contribution in [0.25, 0.3) is 6.08 Å². The number of sulfone groups is 1. The Labute approximate surface area is 208 Å². The van der Waals surface area contributed by atoms with E-state index in [4.69, 9.17) is 0 Å². The monoisotopic (exact) mass is 487 g/mol. The second-order valence-corrected chi connectivity index (χ2v) is 10.3. The summed E-state index contributed by atoms with van der Waals surface area (Å²) in [4.78, 5) is 13.6. The van der Waals surface area contributed by atoms with Gasteiger partial charge in [0.1, 0.15) is 0 Å². The summed E-state index contributed by atoms with van der Waals surface area (Å²) in [5.41, 5.74) is 4.69. The van der Waals surface area contributed by atoms with E-state index >= 15 is 0 Å². The van der Waals surface area contributed by atoms with Crippen LogP contribution in [0.4, 0.5) is 5.69 Å². The average Bonchev–Trinajstić information content (AvgIpc) is 2.87. The molecular weight excluding hydrogens is 458 g/mol. The van der Waals surface area contributed by atoms with Crippen molar-refractivity contribution in [3.8, 4) is 11.8 Å². The highest BCUT2D eigenvalue weighted by Crippen LogP contribution is 2.16. The largest absolute Gasteiger partial charge is 0.466 e. The van der Waals surface area contributed by atoms with Crippen LogP contribution in [0.3, 0.4) is 0 Å². The van der Waals surface area contributed by atoms with E-state index in [1.807, 2.05) is 79.5 Å². The summed E-state index contributed by atoms with van der Waals surface area (Å²) in [5.74, 6) is 6.01. The molecule has 5 nitrogen and oxygen atoms in total. The summed E-state index contributed by atoms with van der Waals surface area (Å²) in [6.07, 6.45) is 3.61. The number of methoxy groups -OCH3 is 1. The zero-order valence-electron chi connectivity index (χ0n) is 20.2. The van der Waals surface area contributed by atoms with Crippen LogP contribution in [0.2, 0.25) is 0 Å². The summed E-state index contributed by atoms with van der Waals surface area (Å²) < 4.78 is 29.6. The highest BCUT2D eigenvalue weighted by atomic mass is 32.2. The molecule has 3 aromatic carbocycles. The number of hydrogen-bond acceptors (Lipinski definition) is 5. The van der Waals surface area contributed by atoms with Crippen LogP contribution >= 0.6 is 0 Å². The first-order valence-corrected chi connectivity index (χ1v) is 12.9. The third-order valence-corrected chi connectivity index (χ3v) is 7.29. The highest BCUT2D eigenvalue weighted by molar-refractivity contribution is 7.91. The molecule has 0 bridgehead atoms. The SMILES string of the molecule is COC(=O)/C=C/c1ccc(C#Cc2ccc(N(C)CCCS(=O)(=O)c3ccc(C)cc3)cc2)cc1. The third kappa shape index (κ3) is 7.87. The molecule has 0 spiro atoms. The molecule has 0 aromatic heterocycles. The Morgan fingerprint density at radius 2 is 1.49 bits per heavy atom. The molecule has 0 heterocycles. The summed E-state index contributed by atoms with van der Waals surface area (Å²) in [6.45, 7) is 2.57. The fourth-order valence-electron chi connectivity index (χ4n) is 3.34. The molecule has 0 unspecified atom stereocenters.